The summed E-state index contributed by atoms with van der Waals surface area (Å²) in [5.74, 6) is 0.340. The number of allylic oxidation sites excluding steroid dienone is 1. The van der Waals surface area contributed by atoms with Crippen molar-refractivity contribution in [3.05, 3.63) is 12.7 Å². The van der Waals surface area contributed by atoms with Gasteiger partial charge >= 0.3 is 0 Å². The van der Waals surface area contributed by atoms with Gasteiger partial charge in [-0.05, 0) is 12.3 Å². The molecule has 0 aromatic carbocycles. The number of hydrogen-bond donors (Lipinski definition) is 0. The molecule has 0 aliphatic rings. The van der Waals surface area contributed by atoms with Gasteiger partial charge in [0.2, 0.25) is 0 Å². The predicted molar refractivity (Wildman–Crippen MR) is 34.3 cm³/mol. The molecule has 8 heavy (non-hydrogen) atoms. The third-order valence-corrected chi connectivity index (χ3v) is 1.20. The molecule has 0 fully saturated rings. The number of rotatable bonds is 4. The third kappa shape index (κ3) is 2.56. The second-order valence-corrected chi connectivity index (χ2v) is 1.75. The minimum atomic E-state index is 0.340. The van der Waals surface area contributed by atoms with Crippen LogP contribution < -0.4 is 0 Å². The average Bonchev–Trinajstić information content (AvgIpc) is 1.83. The lowest BCUT2D eigenvalue weighted by atomic mass is 10.0. The third-order valence-electron chi connectivity index (χ3n) is 1.20. The lowest BCUT2D eigenvalue weighted by Gasteiger charge is -1.99. The van der Waals surface area contributed by atoms with Crippen molar-refractivity contribution >= 4 is 6.29 Å². The fourth-order valence-electron chi connectivity index (χ4n) is 0.501. The Bertz CT molecular complexity index is 76.5. The Morgan fingerprint density at radius 2 is 2.50 bits per heavy atom. The second kappa shape index (κ2) is 4.57. The highest BCUT2D eigenvalue weighted by Crippen LogP contribution is 2.05. The predicted octanol–water partition coefficient (Wildman–Crippen LogP) is 1.70. The van der Waals surface area contributed by atoms with E-state index in [1.54, 1.807) is 6.08 Å². The van der Waals surface area contributed by atoms with Crippen LogP contribution in [0.2, 0.25) is 0 Å². The van der Waals surface area contributed by atoms with Crippen LogP contribution in [-0.4, -0.2) is 6.29 Å². The van der Waals surface area contributed by atoms with Gasteiger partial charge < -0.3 is 0 Å². The van der Waals surface area contributed by atoms with Crippen LogP contribution in [0.25, 0.3) is 0 Å². The van der Waals surface area contributed by atoms with Crippen LogP contribution in [0.4, 0.5) is 0 Å². The Balaban J connectivity index is 3.35. The maximum Gasteiger partial charge on any atom is 0.198 e. The highest BCUT2D eigenvalue weighted by Gasteiger charge is 1.97. The summed E-state index contributed by atoms with van der Waals surface area (Å²) in [7, 11) is 0. The molecule has 0 aromatic rings. The van der Waals surface area contributed by atoms with E-state index in [-0.39, 0.29) is 0 Å². The first kappa shape index (κ1) is 7.41. The molecule has 0 rings (SSSR count). The molecule has 1 unspecified atom stereocenters. The zero-order valence-corrected chi connectivity index (χ0v) is 5.18. The SMILES string of the molecule is C=CC(CC)C[C]=O. The van der Waals surface area contributed by atoms with Crippen molar-refractivity contribution in [1.82, 2.24) is 0 Å². The van der Waals surface area contributed by atoms with Crippen molar-refractivity contribution in [1.29, 1.82) is 0 Å². The molecule has 0 saturated heterocycles. The highest BCUT2D eigenvalue weighted by molar-refractivity contribution is 5.51. The van der Waals surface area contributed by atoms with E-state index in [2.05, 4.69) is 6.58 Å². The van der Waals surface area contributed by atoms with Gasteiger partial charge in [0.05, 0.1) is 0 Å². The first-order valence-electron chi connectivity index (χ1n) is 2.82. The van der Waals surface area contributed by atoms with Gasteiger partial charge in [-0.2, -0.15) is 0 Å². The minimum Gasteiger partial charge on any atom is -0.291 e. The summed E-state index contributed by atoms with van der Waals surface area (Å²) in [6, 6.07) is 0. The van der Waals surface area contributed by atoms with Crippen molar-refractivity contribution in [2.75, 3.05) is 0 Å². The molecule has 0 N–H and O–H groups in total. The van der Waals surface area contributed by atoms with Crippen molar-refractivity contribution in [3.63, 3.8) is 0 Å². The maximum atomic E-state index is 9.76. The number of hydrogen-bond acceptors (Lipinski definition) is 1. The van der Waals surface area contributed by atoms with Crippen LogP contribution in [0, 0.1) is 5.92 Å². The van der Waals surface area contributed by atoms with E-state index in [1.807, 2.05) is 13.2 Å². The lowest BCUT2D eigenvalue weighted by molar-refractivity contribution is 0.533. The van der Waals surface area contributed by atoms with Gasteiger partial charge in [0.1, 0.15) is 0 Å². The molecule has 0 bridgehead atoms. The Hall–Kier alpha value is -0.590. The van der Waals surface area contributed by atoms with E-state index in [1.165, 1.54) is 0 Å². The van der Waals surface area contributed by atoms with Gasteiger partial charge in [0.15, 0.2) is 6.29 Å². The topological polar surface area (TPSA) is 17.1 Å². The molecular weight excluding hydrogens is 100 g/mol. The van der Waals surface area contributed by atoms with E-state index in [0.717, 1.165) is 6.42 Å². The van der Waals surface area contributed by atoms with Crippen LogP contribution in [0.5, 0.6) is 0 Å². The lowest BCUT2D eigenvalue weighted by Crippen LogP contribution is -1.92. The largest absolute Gasteiger partial charge is 0.291 e. The fourth-order valence-corrected chi connectivity index (χ4v) is 0.501. The first-order chi connectivity index (χ1) is 3.85. The van der Waals surface area contributed by atoms with E-state index < -0.39 is 0 Å². The zero-order valence-electron chi connectivity index (χ0n) is 5.18. The molecule has 1 nitrogen and oxygen atoms in total. The summed E-state index contributed by atoms with van der Waals surface area (Å²) in [4.78, 5) is 9.76. The van der Waals surface area contributed by atoms with E-state index in [0.29, 0.717) is 12.3 Å². The van der Waals surface area contributed by atoms with Crippen molar-refractivity contribution < 1.29 is 4.79 Å². The average molecular weight is 111 g/mol. The van der Waals surface area contributed by atoms with Crippen LogP contribution in [0.3, 0.4) is 0 Å². The molecule has 0 spiro atoms. The van der Waals surface area contributed by atoms with Crippen molar-refractivity contribution in [2.24, 2.45) is 5.92 Å². The summed E-state index contributed by atoms with van der Waals surface area (Å²) in [6.07, 6.45) is 5.13. The van der Waals surface area contributed by atoms with Crippen molar-refractivity contribution in [2.45, 2.75) is 19.8 Å². The molecule has 45 valence electrons. The quantitative estimate of drug-likeness (QED) is 0.504. The van der Waals surface area contributed by atoms with Crippen LogP contribution >= 0.6 is 0 Å². The normalized spacial score (nSPS) is 12.6. The molecule has 0 amide bonds. The van der Waals surface area contributed by atoms with E-state index in [9.17, 15) is 4.79 Å². The summed E-state index contributed by atoms with van der Waals surface area (Å²) in [5, 5.41) is 0. The van der Waals surface area contributed by atoms with Gasteiger partial charge in [-0.25, -0.2) is 0 Å². The first-order valence-corrected chi connectivity index (χ1v) is 2.82. The molecule has 0 aliphatic carbocycles. The van der Waals surface area contributed by atoms with Crippen LogP contribution in [-0.2, 0) is 4.79 Å². The summed E-state index contributed by atoms with van der Waals surface area (Å²) in [6.45, 7) is 5.60. The standard InChI is InChI=1S/C7H11O/c1-3-7(4-2)5-6-8/h3,7H,1,4-5H2,2H3. The highest BCUT2D eigenvalue weighted by atomic mass is 16.1. The molecule has 0 aliphatic heterocycles. The molecule has 0 saturated carbocycles. The van der Waals surface area contributed by atoms with Gasteiger partial charge in [-0.15, -0.1) is 6.58 Å². The zero-order chi connectivity index (χ0) is 6.41. The molecule has 0 aromatic heterocycles. The van der Waals surface area contributed by atoms with E-state index >= 15 is 0 Å². The van der Waals surface area contributed by atoms with Crippen LogP contribution in [0.1, 0.15) is 19.8 Å². The Morgan fingerprint density at radius 1 is 1.88 bits per heavy atom. The molecule has 1 radical (unpaired) electrons. The summed E-state index contributed by atoms with van der Waals surface area (Å²) < 4.78 is 0. The molecule has 1 heteroatoms. The van der Waals surface area contributed by atoms with Gasteiger partial charge in [0.25, 0.3) is 0 Å². The minimum absolute atomic E-state index is 0.340. The van der Waals surface area contributed by atoms with Crippen LogP contribution in [0.15, 0.2) is 12.7 Å². The monoisotopic (exact) mass is 111 g/mol. The number of carbonyl (C=O) groups excluding carboxylic acids is 1. The molecule has 0 heterocycles. The van der Waals surface area contributed by atoms with E-state index in [4.69, 9.17) is 0 Å². The molecular formula is C7H11O. The maximum absolute atomic E-state index is 9.76. The second-order valence-electron chi connectivity index (χ2n) is 1.75. The Morgan fingerprint density at radius 3 is 2.62 bits per heavy atom. The Labute approximate surface area is 50.4 Å². The fraction of sp³-hybridized carbons (Fsp3) is 0.571. The van der Waals surface area contributed by atoms with Crippen molar-refractivity contribution in [3.8, 4) is 0 Å². The smallest absolute Gasteiger partial charge is 0.198 e. The summed E-state index contributed by atoms with van der Waals surface area (Å²) in [5.41, 5.74) is 0. The van der Waals surface area contributed by atoms with Gasteiger partial charge in [0, 0.05) is 6.42 Å². The van der Waals surface area contributed by atoms with Gasteiger partial charge in [-0.3, -0.25) is 4.79 Å². The summed E-state index contributed by atoms with van der Waals surface area (Å²) >= 11 is 0. The Kier molecular flexibility index (Phi) is 4.23. The molecule has 1 atom stereocenters. The van der Waals surface area contributed by atoms with Gasteiger partial charge in [-0.1, -0.05) is 13.0 Å².